The highest BCUT2D eigenvalue weighted by molar-refractivity contribution is 5.92. The van der Waals surface area contributed by atoms with Crippen molar-refractivity contribution in [1.29, 1.82) is 0 Å². The van der Waals surface area contributed by atoms with Gasteiger partial charge in [-0.25, -0.2) is 0 Å². The lowest BCUT2D eigenvalue weighted by Crippen LogP contribution is -2.46. The minimum atomic E-state index is -0.0929. The van der Waals surface area contributed by atoms with Crippen molar-refractivity contribution in [2.24, 2.45) is 0 Å². The third-order valence-corrected chi connectivity index (χ3v) is 3.74. The normalized spacial score (nSPS) is 15.4. The molecule has 22 heavy (non-hydrogen) atoms. The van der Waals surface area contributed by atoms with Crippen LogP contribution in [0.15, 0.2) is 24.4 Å². The average Bonchev–Trinajstić information content (AvgIpc) is 2.54. The maximum Gasteiger partial charge on any atom is 0.272 e. The molecule has 0 aliphatic carbocycles. The maximum absolute atomic E-state index is 12.2. The van der Waals surface area contributed by atoms with E-state index in [0.717, 1.165) is 12.8 Å². The van der Waals surface area contributed by atoms with Crippen LogP contribution in [0.5, 0.6) is 0 Å². The molecule has 0 aromatic carbocycles. The summed E-state index contributed by atoms with van der Waals surface area (Å²) in [4.78, 5) is 40.6. The number of nitrogens with one attached hydrogen (secondary N) is 1. The fourth-order valence-electron chi connectivity index (χ4n) is 2.47. The zero-order valence-electron chi connectivity index (χ0n) is 12.7. The molecule has 1 N–H and O–H groups in total. The minimum Gasteiger partial charge on any atom is -0.353 e. The van der Waals surface area contributed by atoms with Crippen molar-refractivity contribution >= 4 is 17.6 Å². The van der Waals surface area contributed by atoms with Crippen LogP contribution in [-0.2, 0) is 9.59 Å². The number of piperidine rings is 1. The first-order valence-electron chi connectivity index (χ1n) is 7.55. The van der Waals surface area contributed by atoms with Crippen LogP contribution in [0.4, 0.5) is 0 Å². The van der Waals surface area contributed by atoms with Crippen LogP contribution in [0.25, 0.3) is 0 Å². The quantitative estimate of drug-likeness (QED) is 0.885. The van der Waals surface area contributed by atoms with Crippen molar-refractivity contribution in [2.45, 2.75) is 38.6 Å². The van der Waals surface area contributed by atoms with Gasteiger partial charge in [0.25, 0.3) is 5.91 Å². The molecule has 1 fully saturated rings. The van der Waals surface area contributed by atoms with Crippen LogP contribution in [0.3, 0.4) is 0 Å². The van der Waals surface area contributed by atoms with E-state index in [2.05, 4.69) is 10.3 Å². The van der Waals surface area contributed by atoms with E-state index >= 15 is 0 Å². The van der Waals surface area contributed by atoms with Crippen LogP contribution in [0.1, 0.15) is 43.1 Å². The van der Waals surface area contributed by atoms with E-state index in [-0.39, 0.29) is 36.5 Å². The number of hydrogen-bond donors (Lipinski definition) is 1. The summed E-state index contributed by atoms with van der Waals surface area (Å²) < 4.78 is 0. The molecule has 118 valence electrons. The zero-order valence-corrected chi connectivity index (χ0v) is 12.7. The number of likely N-dealkylation sites (tertiary alicyclic amines) is 1. The van der Waals surface area contributed by atoms with E-state index in [1.54, 1.807) is 29.3 Å². The Morgan fingerprint density at radius 2 is 1.95 bits per heavy atom. The van der Waals surface area contributed by atoms with Gasteiger partial charge in [0, 0.05) is 38.2 Å². The number of amides is 2. The second-order valence-corrected chi connectivity index (χ2v) is 5.55. The monoisotopic (exact) mass is 303 g/mol. The van der Waals surface area contributed by atoms with E-state index in [9.17, 15) is 14.4 Å². The zero-order chi connectivity index (χ0) is 15.9. The first-order chi connectivity index (χ1) is 10.6. The lowest BCUT2D eigenvalue weighted by Gasteiger charge is -2.32. The Labute approximate surface area is 129 Å². The number of Topliss-reactive ketones (excluding diaryl/α,β-unsaturated/α-hetero) is 1. The van der Waals surface area contributed by atoms with Gasteiger partial charge in [0.05, 0.1) is 0 Å². The van der Waals surface area contributed by atoms with Gasteiger partial charge in [-0.3, -0.25) is 14.6 Å². The topological polar surface area (TPSA) is 79.4 Å². The summed E-state index contributed by atoms with van der Waals surface area (Å²) in [6, 6.07) is 5.35. The van der Waals surface area contributed by atoms with Crippen LogP contribution >= 0.6 is 0 Å². The van der Waals surface area contributed by atoms with Gasteiger partial charge in [-0.2, -0.15) is 0 Å². The number of aromatic nitrogens is 1. The van der Waals surface area contributed by atoms with Crippen LogP contribution in [0, 0.1) is 0 Å². The molecular formula is C16H21N3O3. The molecule has 1 aliphatic rings. The average molecular weight is 303 g/mol. The summed E-state index contributed by atoms with van der Waals surface area (Å²) in [6.07, 6.45) is 3.58. The first-order valence-corrected chi connectivity index (χ1v) is 7.55. The molecule has 0 spiro atoms. The third kappa shape index (κ3) is 4.65. The fraction of sp³-hybridized carbons (Fsp3) is 0.500. The van der Waals surface area contributed by atoms with E-state index in [1.165, 1.54) is 6.92 Å². The number of carbonyl (C=O) groups is 3. The number of nitrogens with zero attached hydrogens (tertiary/aromatic N) is 2. The van der Waals surface area contributed by atoms with Gasteiger partial charge >= 0.3 is 0 Å². The molecular weight excluding hydrogens is 282 g/mol. The van der Waals surface area contributed by atoms with Crippen LogP contribution in [0.2, 0.25) is 0 Å². The van der Waals surface area contributed by atoms with Gasteiger partial charge in [0.1, 0.15) is 11.5 Å². The Morgan fingerprint density at radius 1 is 1.23 bits per heavy atom. The number of rotatable bonds is 5. The molecule has 1 aromatic heterocycles. The Hall–Kier alpha value is -2.24. The van der Waals surface area contributed by atoms with Gasteiger partial charge in [-0.05, 0) is 31.9 Å². The molecule has 1 aliphatic heterocycles. The number of ketones is 1. The van der Waals surface area contributed by atoms with Crippen molar-refractivity contribution in [3.63, 3.8) is 0 Å². The number of pyridine rings is 1. The Balaban J connectivity index is 1.77. The van der Waals surface area contributed by atoms with Crippen LogP contribution in [-0.4, -0.2) is 46.6 Å². The Kier molecular flexibility index (Phi) is 5.63. The van der Waals surface area contributed by atoms with Gasteiger partial charge in [-0.1, -0.05) is 6.07 Å². The van der Waals surface area contributed by atoms with E-state index in [1.807, 2.05) is 0 Å². The van der Waals surface area contributed by atoms with E-state index < -0.39 is 0 Å². The summed E-state index contributed by atoms with van der Waals surface area (Å²) in [5.74, 6) is -0.141. The third-order valence-electron chi connectivity index (χ3n) is 3.74. The molecule has 6 nitrogen and oxygen atoms in total. The highest BCUT2D eigenvalue weighted by Gasteiger charge is 2.24. The lowest BCUT2D eigenvalue weighted by atomic mass is 10.0. The standard InChI is InChI=1S/C16H21N3O3/c1-12(20)5-6-15(21)18-13-7-10-19(11-8-13)16(22)14-4-2-3-9-17-14/h2-4,9,13H,5-8,10-11H2,1H3,(H,18,21). The van der Waals surface area contributed by atoms with Crippen molar-refractivity contribution in [3.8, 4) is 0 Å². The van der Waals surface area contributed by atoms with Gasteiger partial charge < -0.3 is 15.0 Å². The first kappa shape index (κ1) is 16.1. The SMILES string of the molecule is CC(=O)CCC(=O)NC1CCN(C(=O)c2ccccn2)CC1. The number of hydrogen-bond acceptors (Lipinski definition) is 4. The van der Waals surface area contributed by atoms with Crippen molar-refractivity contribution in [1.82, 2.24) is 15.2 Å². The van der Waals surface area contributed by atoms with E-state index in [4.69, 9.17) is 0 Å². The highest BCUT2D eigenvalue weighted by Crippen LogP contribution is 2.13. The molecule has 2 heterocycles. The molecule has 0 atom stereocenters. The summed E-state index contributed by atoms with van der Waals surface area (Å²) in [7, 11) is 0. The summed E-state index contributed by atoms with van der Waals surface area (Å²) in [5.41, 5.74) is 0.450. The smallest absolute Gasteiger partial charge is 0.272 e. The Morgan fingerprint density at radius 3 is 2.55 bits per heavy atom. The molecule has 1 saturated heterocycles. The molecule has 6 heteroatoms. The highest BCUT2D eigenvalue weighted by atomic mass is 16.2. The molecule has 0 unspecified atom stereocenters. The largest absolute Gasteiger partial charge is 0.353 e. The van der Waals surface area contributed by atoms with Crippen LogP contribution < -0.4 is 5.32 Å². The molecule has 0 bridgehead atoms. The minimum absolute atomic E-state index is 0.0194. The predicted octanol–water partition coefficient (Wildman–Crippen LogP) is 1.17. The number of carbonyl (C=O) groups excluding carboxylic acids is 3. The second kappa shape index (κ2) is 7.68. The molecule has 0 radical (unpaired) electrons. The molecule has 1 aromatic rings. The van der Waals surface area contributed by atoms with Crippen molar-refractivity contribution < 1.29 is 14.4 Å². The van der Waals surface area contributed by atoms with Gasteiger partial charge in [-0.15, -0.1) is 0 Å². The predicted molar refractivity (Wildman–Crippen MR) is 81.2 cm³/mol. The molecule has 0 saturated carbocycles. The van der Waals surface area contributed by atoms with Crippen molar-refractivity contribution in [3.05, 3.63) is 30.1 Å². The maximum atomic E-state index is 12.2. The Bertz CT molecular complexity index is 537. The second-order valence-electron chi connectivity index (χ2n) is 5.55. The lowest BCUT2D eigenvalue weighted by molar-refractivity contribution is -0.125. The van der Waals surface area contributed by atoms with Gasteiger partial charge in [0.2, 0.25) is 5.91 Å². The summed E-state index contributed by atoms with van der Waals surface area (Å²) in [5, 5.41) is 2.93. The fourth-order valence-corrected chi connectivity index (χ4v) is 2.47. The van der Waals surface area contributed by atoms with E-state index in [0.29, 0.717) is 18.8 Å². The molecule has 2 amide bonds. The summed E-state index contributed by atoms with van der Waals surface area (Å²) >= 11 is 0. The van der Waals surface area contributed by atoms with Crippen molar-refractivity contribution in [2.75, 3.05) is 13.1 Å². The summed E-state index contributed by atoms with van der Waals surface area (Å²) in [6.45, 7) is 2.69. The van der Waals surface area contributed by atoms with Gasteiger partial charge in [0.15, 0.2) is 0 Å². The molecule has 2 rings (SSSR count).